The quantitative estimate of drug-likeness (QED) is 0.859. The van der Waals surface area contributed by atoms with Crippen molar-refractivity contribution in [3.8, 4) is 0 Å². The molecule has 0 aromatic carbocycles. The predicted octanol–water partition coefficient (Wildman–Crippen LogP) is 2.18. The Kier molecular flexibility index (Phi) is 2.63. The van der Waals surface area contributed by atoms with Crippen LogP contribution in [0.25, 0.3) is 5.52 Å². The van der Waals surface area contributed by atoms with Crippen molar-refractivity contribution in [2.45, 2.75) is 6.42 Å². The third-order valence-electron chi connectivity index (χ3n) is 1.96. The normalized spacial score (nSPS) is 11.1. The first-order valence-corrected chi connectivity index (χ1v) is 4.91. The molecule has 0 radical (unpaired) electrons. The molecule has 0 saturated carbocycles. The van der Waals surface area contributed by atoms with Gasteiger partial charge in [0.05, 0.1) is 17.1 Å². The van der Waals surface area contributed by atoms with Gasteiger partial charge in [-0.05, 0) is 12.1 Å². The lowest BCUT2D eigenvalue weighted by atomic mass is 10.4. The standard InChI is InChI=1S/C9H8Cl2N2O/c10-6-1-2-7-9(11)12-8(3-4-14)13(7)5-6/h1-2,5,14H,3-4H2. The second kappa shape index (κ2) is 3.77. The van der Waals surface area contributed by atoms with E-state index < -0.39 is 0 Å². The smallest absolute Gasteiger partial charge is 0.155 e. The first kappa shape index (κ1) is 9.77. The van der Waals surface area contributed by atoms with Gasteiger partial charge in [-0.3, -0.25) is 0 Å². The zero-order valence-electron chi connectivity index (χ0n) is 7.24. The van der Waals surface area contributed by atoms with Crippen molar-refractivity contribution in [1.29, 1.82) is 0 Å². The number of aliphatic hydroxyl groups is 1. The molecule has 2 aromatic heterocycles. The fourth-order valence-corrected chi connectivity index (χ4v) is 1.77. The molecule has 5 heteroatoms. The highest BCUT2D eigenvalue weighted by molar-refractivity contribution is 6.33. The van der Waals surface area contributed by atoms with Crippen LogP contribution < -0.4 is 0 Å². The second-order valence-corrected chi connectivity index (χ2v) is 3.69. The number of aliphatic hydroxyl groups excluding tert-OH is 1. The molecule has 0 atom stereocenters. The van der Waals surface area contributed by atoms with Crippen LogP contribution in [-0.2, 0) is 6.42 Å². The third kappa shape index (κ3) is 1.59. The Morgan fingerprint density at radius 3 is 2.86 bits per heavy atom. The van der Waals surface area contributed by atoms with Crippen molar-refractivity contribution in [2.75, 3.05) is 6.61 Å². The first-order chi connectivity index (χ1) is 6.72. The molecule has 0 amide bonds. The number of aromatic nitrogens is 2. The maximum atomic E-state index is 8.83. The van der Waals surface area contributed by atoms with Gasteiger partial charge >= 0.3 is 0 Å². The fourth-order valence-electron chi connectivity index (χ4n) is 1.36. The van der Waals surface area contributed by atoms with Crippen LogP contribution in [0.3, 0.4) is 0 Å². The Hall–Kier alpha value is -0.770. The Bertz CT molecular complexity index is 467. The average Bonchev–Trinajstić information content (AvgIpc) is 2.44. The lowest BCUT2D eigenvalue weighted by Gasteiger charge is -1.98. The van der Waals surface area contributed by atoms with Crippen LogP contribution in [0.15, 0.2) is 18.3 Å². The summed E-state index contributed by atoms with van der Waals surface area (Å²) in [6, 6.07) is 3.56. The Morgan fingerprint density at radius 1 is 1.36 bits per heavy atom. The van der Waals surface area contributed by atoms with Gasteiger partial charge in [0.15, 0.2) is 5.15 Å². The lowest BCUT2D eigenvalue weighted by molar-refractivity contribution is 0.296. The topological polar surface area (TPSA) is 37.5 Å². The number of halogens is 2. The number of fused-ring (bicyclic) bond motifs is 1. The van der Waals surface area contributed by atoms with E-state index >= 15 is 0 Å². The van der Waals surface area contributed by atoms with Gasteiger partial charge in [-0.15, -0.1) is 0 Å². The number of imidazole rings is 1. The van der Waals surface area contributed by atoms with Gasteiger partial charge in [-0.25, -0.2) is 4.98 Å². The molecular formula is C9H8Cl2N2O. The van der Waals surface area contributed by atoms with Gasteiger partial charge in [0, 0.05) is 12.6 Å². The van der Waals surface area contributed by atoms with Gasteiger partial charge in [0.25, 0.3) is 0 Å². The van der Waals surface area contributed by atoms with E-state index in [1.807, 2.05) is 0 Å². The van der Waals surface area contributed by atoms with Crippen LogP contribution in [0.2, 0.25) is 10.2 Å². The second-order valence-electron chi connectivity index (χ2n) is 2.90. The summed E-state index contributed by atoms with van der Waals surface area (Å²) in [6.45, 7) is 0.0436. The Labute approximate surface area is 90.9 Å². The summed E-state index contributed by atoms with van der Waals surface area (Å²) < 4.78 is 1.79. The molecule has 0 saturated heterocycles. The summed E-state index contributed by atoms with van der Waals surface area (Å²) in [7, 11) is 0. The van der Waals surface area contributed by atoms with Crippen molar-refractivity contribution in [1.82, 2.24) is 9.38 Å². The molecule has 2 aromatic rings. The van der Waals surface area contributed by atoms with Crippen molar-refractivity contribution in [3.05, 3.63) is 34.3 Å². The minimum Gasteiger partial charge on any atom is -0.396 e. The summed E-state index contributed by atoms with van der Waals surface area (Å²) in [5.74, 6) is 0.718. The average molecular weight is 231 g/mol. The van der Waals surface area contributed by atoms with Crippen LogP contribution >= 0.6 is 23.2 Å². The number of hydrogen-bond acceptors (Lipinski definition) is 2. The zero-order chi connectivity index (χ0) is 10.1. The molecule has 1 N–H and O–H groups in total. The molecule has 74 valence electrons. The summed E-state index contributed by atoms with van der Waals surface area (Å²) in [4.78, 5) is 4.13. The first-order valence-electron chi connectivity index (χ1n) is 4.15. The number of nitrogens with zero attached hydrogens (tertiary/aromatic N) is 2. The molecule has 0 unspecified atom stereocenters. The van der Waals surface area contributed by atoms with E-state index in [-0.39, 0.29) is 6.61 Å². The van der Waals surface area contributed by atoms with E-state index in [1.165, 1.54) is 0 Å². The Morgan fingerprint density at radius 2 is 2.14 bits per heavy atom. The van der Waals surface area contributed by atoms with Crippen molar-refractivity contribution in [2.24, 2.45) is 0 Å². The summed E-state index contributed by atoms with van der Waals surface area (Å²) >= 11 is 11.8. The molecule has 0 aliphatic heterocycles. The molecule has 14 heavy (non-hydrogen) atoms. The van der Waals surface area contributed by atoms with Crippen LogP contribution in [0.1, 0.15) is 5.82 Å². The van der Waals surface area contributed by atoms with E-state index in [9.17, 15) is 0 Å². The van der Waals surface area contributed by atoms with E-state index in [1.54, 1.807) is 22.7 Å². The third-order valence-corrected chi connectivity index (χ3v) is 2.47. The SMILES string of the molecule is OCCc1nc(Cl)c2ccc(Cl)cn12. The largest absolute Gasteiger partial charge is 0.396 e. The van der Waals surface area contributed by atoms with Crippen LogP contribution in [0, 0.1) is 0 Å². The molecule has 2 heterocycles. The lowest BCUT2D eigenvalue weighted by Crippen LogP contribution is -1.97. The van der Waals surface area contributed by atoms with Crippen molar-refractivity contribution in [3.63, 3.8) is 0 Å². The molecule has 2 rings (SSSR count). The van der Waals surface area contributed by atoms with Crippen LogP contribution in [0.5, 0.6) is 0 Å². The minimum atomic E-state index is 0.0436. The molecule has 0 aliphatic carbocycles. The number of hydrogen-bond donors (Lipinski definition) is 1. The van der Waals surface area contributed by atoms with Gasteiger partial charge < -0.3 is 9.51 Å². The minimum absolute atomic E-state index is 0.0436. The van der Waals surface area contributed by atoms with Gasteiger partial charge in [-0.2, -0.15) is 0 Å². The molecule has 0 aliphatic rings. The number of rotatable bonds is 2. The van der Waals surface area contributed by atoms with Crippen molar-refractivity contribution < 1.29 is 5.11 Å². The number of pyridine rings is 1. The van der Waals surface area contributed by atoms with E-state index in [0.717, 1.165) is 11.3 Å². The van der Waals surface area contributed by atoms with E-state index in [0.29, 0.717) is 16.6 Å². The van der Waals surface area contributed by atoms with E-state index in [2.05, 4.69) is 4.98 Å². The Balaban J connectivity index is 2.66. The molecule has 0 fully saturated rings. The van der Waals surface area contributed by atoms with Gasteiger partial charge in [0.2, 0.25) is 0 Å². The van der Waals surface area contributed by atoms with Crippen LogP contribution in [0.4, 0.5) is 0 Å². The summed E-state index contributed by atoms with van der Waals surface area (Å²) in [5, 5.41) is 9.88. The maximum absolute atomic E-state index is 8.83. The van der Waals surface area contributed by atoms with E-state index in [4.69, 9.17) is 28.3 Å². The highest BCUT2D eigenvalue weighted by atomic mass is 35.5. The predicted molar refractivity (Wildman–Crippen MR) is 56.0 cm³/mol. The monoisotopic (exact) mass is 230 g/mol. The van der Waals surface area contributed by atoms with Crippen molar-refractivity contribution >= 4 is 28.7 Å². The summed E-state index contributed by atoms with van der Waals surface area (Å²) in [6.07, 6.45) is 2.20. The fraction of sp³-hybridized carbons (Fsp3) is 0.222. The highest BCUT2D eigenvalue weighted by Crippen LogP contribution is 2.21. The molecular weight excluding hydrogens is 223 g/mol. The maximum Gasteiger partial charge on any atom is 0.155 e. The van der Waals surface area contributed by atoms with Gasteiger partial charge in [0.1, 0.15) is 5.82 Å². The van der Waals surface area contributed by atoms with Crippen LogP contribution in [-0.4, -0.2) is 21.1 Å². The highest BCUT2D eigenvalue weighted by Gasteiger charge is 2.08. The molecule has 3 nitrogen and oxygen atoms in total. The zero-order valence-corrected chi connectivity index (χ0v) is 8.76. The molecule has 0 bridgehead atoms. The summed E-state index contributed by atoms with van der Waals surface area (Å²) in [5.41, 5.74) is 0.805. The van der Waals surface area contributed by atoms with Gasteiger partial charge in [-0.1, -0.05) is 23.2 Å². The molecule has 0 spiro atoms.